The number of halogens is 2. The van der Waals surface area contributed by atoms with Crippen LogP contribution in [0, 0.1) is 11.8 Å². The van der Waals surface area contributed by atoms with E-state index in [1.807, 2.05) is 47.5 Å². The van der Waals surface area contributed by atoms with Gasteiger partial charge in [-0.15, -0.1) is 45.3 Å². The summed E-state index contributed by atoms with van der Waals surface area (Å²) in [4.78, 5) is 6.29. The molecule has 4 aromatic rings. The molecule has 4 atom stereocenters. The Morgan fingerprint density at radius 2 is 1.37 bits per heavy atom. The maximum atomic E-state index is 17.0. The fourth-order valence-corrected chi connectivity index (χ4v) is 14.6. The SMILES string of the molecule is C=C1C(c2cccs2)=CC(F)C(c2cc3c(s2)-c2sc(C4=C(F)C=C(c5cccs5)C(=C)/C4=N\SC)cc2C3(CC(CC)CCCC)CC(CC)CCCC)/C1=N/SC. The van der Waals surface area contributed by atoms with Gasteiger partial charge in [-0.05, 0) is 118 Å². The van der Waals surface area contributed by atoms with E-state index in [9.17, 15) is 0 Å². The predicted octanol–water partition coefficient (Wildman–Crippen LogP) is 17.3. The molecule has 312 valence electrons. The van der Waals surface area contributed by atoms with Crippen LogP contribution in [0.1, 0.15) is 128 Å². The van der Waals surface area contributed by atoms with E-state index < -0.39 is 12.1 Å². The number of unbranched alkanes of at least 4 members (excludes halogenated alkanes) is 2. The van der Waals surface area contributed by atoms with Crippen LogP contribution in [0.3, 0.4) is 0 Å². The first-order valence-corrected chi connectivity index (χ1v) is 26.9. The average Bonchev–Trinajstić information content (AvgIpc) is 4.09. The van der Waals surface area contributed by atoms with Crippen molar-refractivity contribution >= 4 is 97.4 Å². The van der Waals surface area contributed by atoms with Gasteiger partial charge in [0.05, 0.1) is 22.9 Å². The lowest BCUT2D eigenvalue weighted by Crippen LogP contribution is -2.31. The van der Waals surface area contributed by atoms with E-state index in [2.05, 4.69) is 53.0 Å². The zero-order valence-electron chi connectivity index (χ0n) is 35.2. The van der Waals surface area contributed by atoms with Crippen LogP contribution < -0.4 is 0 Å². The van der Waals surface area contributed by atoms with Crippen molar-refractivity contribution in [2.24, 2.45) is 20.6 Å². The molecule has 0 spiro atoms. The van der Waals surface area contributed by atoms with E-state index in [1.54, 1.807) is 57.5 Å². The van der Waals surface area contributed by atoms with Crippen molar-refractivity contribution in [1.29, 1.82) is 0 Å². The van der Waals surface area contributed by atoms with Crippen molar-refractivity contribution < 1.29 is 8.78 Å². The minimum atomic E-state index is -1.25. The summed E-state index contributed by atoms with van der Waals surface area (Å²) < 4.78 is 43.6. The molecule has 0 N–H and O–H groups in total. The molecule has 4 unspecified atom stereocenters. The van der Waals surface area contributed by atoms with Crippen LogP contribution in [0.25, 0.3) is 26.5 Å². The predicted molar refractivity (Wildman–Crippen MR) is 265 cm³/mol. The fourth-order valence-electron chi connectivity index (χ4n) is 9.42. The highest BCUT2D eigenvalue weighted by atomic mass is 32.2. The second kappa shape index (κ2) is 19.6. The van der Waals surface area contributed by atoms with Gasteiger partial charge in [0.2, 0.25) is 0 Å². The van der Waals surface area contributed by atoms with Gasteiger partial charge in [-0.3, -0.25) is 0 Å². The Balaban J connectivity index is 1.45. The van der Waals surface area contributed by atoms with E-state index >= 15 is 8.78 Å². The van der Waals surface area contributed by atoms with Gasteiger partial charge in [-0.1, -0.05) is 104 Å². The van der Waals surface area contributed by atoms with Gasteiger partial charge in [-0.2, -0.15) is 0 Å². The second-order valence-corrected chi connectivity index (χ2v) is 21.2. The summed E-state index contributed by atoms with van der Waals surface area (Å²) in [5.41, 5.74) is 7.39. The number of fused-ring (bicyclic) bond motifs is 3. The van der Waals surface area contributed by atoms with Crippen molar-refractivity contribution in [2.75, 3.05) is 12.5 Å². The molecule has 0 amide bonds. The molecule has 0 fully saturated rings. The normalized spacial score (nSPS) is 22.9. The molecular weight excluding hydrogens is 847 g/mol. The van der Waals surface area contributed by atoms with Gasteiger partial charge in [0.15, 0.2) is 0 Å². The van der Waals surface area contributed by atoms with E-state index in [0.29, 0.717) is 23.1 Å². The molecule has 0 saturated heterocycles. The number of thiophene rings is 4. The van der Waals surface area contributed by atoms with Gasteiger partial charge in [-0.25, -0.2) is 17.6 Å². The summed E-state index contributed by atoms with van der Waals surface area (Å²) in [5.74, 6) is 0.213. The van der Waals surface area contributed by atoms with Gasteiger partial charge in [0.1, 0.15) is 12.0 Å². The topological polar surface area (TPSA) is 24.7 Å². The number of nitrogens with zero attached hydrogens (tertiary/aromatic N) is 2. The Morgan fingerprint density at radius 1 is 0.780 bits per heavy atom. The quantitative estimate of drug-likeness (QED) is 0.0930. The first kappa shape index (κ1) is 44.5. The molecule has 0 aromatic carbocycles. The summed E-state index contributed by atoms with van der Waals surface area (Å²) in [5, 5.41) is 4.04. The van der Waals surface area contributed by atoms with Crippen LogP contribution in [0.2, 0.25) is 0 Å². The van der Waals surface area contributed by atoms with Crippen LogP contribution in [-0.2, 0) is 5.41 Å². The number of alkyl halides is 1. The molecule has 0 saturated carbocycles. The molecular formula is C49H56F2N2S6. The highest BCUT2D eigenvalue weighted by Crippen LogP contribution is 2.63. The maximum Gasteiger partial charge on any atom is 0.134 e. The van der Waals surface area contributed by atoms with Gasteiger partial charge in [0.25, 0.3) is 0 Å². The number of rotatable bonds is 18. The van der Waals surface area contributed by atoms with Crippen LogP contribution in [0.5, 0.6) is 0 Å². The van der Waals surface area contributed by atoms with Crippen molar-refractivity contribution in [2.45, 2.75) is 109 Å². The number of hydrogen-bond donors (Lipinski definition) is 0. The fraction of sp³-hybridized carbons (Fsp3) is 0.429. The highest BCUT2D eigenvalue weighted by molar-refractivity contribution is 7.97. The third-order valence-corrected chi connectivity index (χ3v) is 17.6. The molecule has 0 bridgehead atoms. The molecule has 0 aliphatic heterocycles. The second-order valence-electron chi connectivity index (χ2n) is 16.0. The Morgan fingerprint density at radius 3 is 1.93 bits per heavy atom. The lowest BCUT2D eigenvalue weighted by atomic mass is 9.65. The van der Waals surface area contributed by atoms with Gasteiger partial charge in [0, 0.05) is 58.3 Å². The van der Waals surface area contributed by atoms with Crippen LogP contribution in [-0.4, -0.2) is 30.1 Å². The Kier molecular flexibility index (Phi) is 14.8. The molecule has 4 aromatic heterocycles. The van der Waals surface area contributed by atoms with Crippen molar-refractivity contribution in [1.82, 2.24) is 0 Å². The van der Waals surface area contributed by atoms with Crippen molar-refractivity contribution in [3.63, 3.8) is 0 Å². The van der Waals surface area contributed by atoms with E-state index in [-0.39, 0.29) is 11.2 Å². The molecule has 3 aliphatic rings. The summed E-state index contributed by atoms with van der Waals surface area (Å²) in [6, 6.07) is 12.7. The van der Waals surface area contributed by atoms with E-state index in [4.69, 9.17) is 8.80 Å². The van der Waals surface area contributed by atoms with Gasteiger partial charge >= 0.3 is 0 Å². The molecule has 7 rings (SSSR count). The monoisotopic (exact) mass is 902 g/mol. The third kappa shape index (κ3) is 8.62. The number of allylic oxidation sites excluding steroid dienone is 8. The van der Waals surface area contributed by atoms with Crippen LogP contribution >= 0.6 is 69.2 Å². The number of hydrogen-bond acceptors (Lipinski definition) is 8. The average molecular weight is 903 g/mol. The lowest BCUT2D eigenvalue weighted by Gasteiger charge is -2.38. The van der Waals surface area contributed by atoms with Crippen LogP contribution in [0.15, 0.2) is 98.2 Å². The van der Waals surface area contributed by atoms with E-state index in [0.717, 1.165) is 86.0 Å². The third-order valence-electron chi connectivity index (χ3n) is 12.5. The Hall–Kier alpha value is -2.60. The molecule has 0 radical (unpaired) electrons. The van der Waals surface area contributed by atoms with E-state index in [1.165, 1.54) is 70.5 Å². The Labute approximate surface area is 375 Å². The first-order valence-electron chi connectivity index (χ1n) is 21.1. The molecule has 2 nitrogen and oxygen atoms in total. The largest absolute Gasteiger partial charge is 0.242 e. The van der Waals surface area contributed by atoms with Crippen molar-refractivity contribution in [3.8, 4) is 9.75 Å². The zero-order valence-corrected chi connectivity index (χ0v) is 40.1. The summed E-state index contributed by atoms with van der Waals surface area (Å²) in [7, 11) is 0. The molecule has 59 heavy (non-hydrogen) atoms. The molecule has 3 aliphatic carbocycles. The standard InChI is InChI=1S/C49H56F2N2S6/c1-9-13-17-31(11-3)27-49(28-32(12-4)18-14-10-2)35-25-41(43-37(50)23-33(39-19-15-21-56-39)29(5)45(43)52-54-7)58-47(35)48-36(49)26-42(59-48)44-38(51)24-34(40-20-16-22-57-40)30(6)46(44)53-55-8/h15-16,19-26,31-32,37,43H,5-6,9-14,17-18,27-28H2,1-4,7-8H3/b52-45+,53-46+. The molecule has 4 heterocycles. The minimum absolute atomic E-state index is 0.276. The zero-order chi connectivity index (χ0) is 41.8. The highest BCUT2D eigenvalue weighted by Gasteiger charge is 2.50. The molecule has 10 heteroatoms. The van der Waals surface area contributed by atoms with Crippen molar-refractivity contribution in [3.05, 3.63) is 120 Å². The minimum Gasteiger partial charge on any atom is -0.242 e. The smallest absolute Gasteiger partial charge is 0.134 e. The lowest BCUT2D eigenvalue weighted by molar-refractivity contribution is 0.266. The van der Waals surface area contributed by atoms with Crippen LogP contribution in [0.4, 0.5) is 8.78 Å². The Bertz CT molecular complexity index is 2280. The summed E-state index contributed by atoms with van der Waals surface area (Å²) in [6.07, 6.45) is 17.4. The maximum absolute atomic E-state index is 17.0. The summed E-state index contributed by atoms with van der Waals surface area (Å²) in [6.45, 7) is 18.3. The first-order chi connectivity index (χ1) is 28.6. The van der Waals surface area contributed by atoms with Gasteiger partial charge < -0.3 is 0 Å². The summed E-state index contributed by atoms with van der Waals surface area (Å²) >= 11 is 9.31.